The summed E-state index contributed by atoms with van der Waals surface area (Å²) in [6.07, 6.45) is 3.79. The molecule has 0 aliphatic heterocycles. The maximum absolute atomic E-state index is 10.7. The van der Waals surface area contributed by atoms with E-state index in [2.05, 4.69) is 17.1 Å². The van der Waals surface area contributed by atoms with Crippen LogP contribution in [0.3, 0.4) is 0 Å². The van der Waals surface area contributed by atoms with Crippen LogP contribution in [0.4, 0.5) is 0 Å². The summed E-state index contributed by atoms with van der Waals surface area (Å²) in [4.78, 5) is 0. The Bertz CT molecular complexity index is 140. The van der Waals surface area contributed by atoms with E-state index in [1.54, 1.807) is 0 Å². The molecule has 11 heavy (non-hydrogen) atoms. The molecule has 1 atom stereocenters. The van der Waals surface area contributed by atoms with Crippen LogP contribution in [0, 0.1) is 0 Å². The number of unbranched alkanes of at least 4 members (excludes halogenated alkanes) is 3. The maximum Gasteiger partial charge on any atom is 0.448 e. The molecule has 1 unspecified atom stereocenters. The standard InChI is InChI=1S/C6H16NO3S/c1-2-3-4-5-6-11(8,9)10-7/h2-6H2,1,7H3/q+2. The Hall–Kier alpha value is 0.0300. The predicted octanol–water partition coefficient (Wildman–Crippen LogP) is 0.500. The highest BCUT2D eigenvalue weighted by Crippen LogP contribution is 2.06. The summed E-state index contributed by atoms with van der Waals surface area (Å²) < 4.78 is 25.4. The van der Waals surface area contributed by atoms with Gasteiger partial charge in [0.05, 0.1) is 4.55 Å². The summed E-state index contributed by atoms with van der Waals surface area (Å²) in [6.45, 7) is 2.08. The molecule has 1 radical (unpaired) electrons. The van der Waals surface area contributed by atoms with E-state index in [9.17, 15) is 8.76 Å². The molecule has 0 aromatic carbocycles. The van der Waals surface area contributed by atoms with Gasteiger partial charge in [-0.1, -0.05) is 19.8 Å². The molecule has 67 valence electrons. The lowest BCUT2D eigenvalue weighted by molar-refractivity contribution is -0.637. The van der Waals surface area contributed by atoms with Gasteiger partial charge in [0.1, 0.15) is 0 Å². The van der Waals surface area contributed by atoms with Crippen LogP contribution in [0.5, 0.6) is 0 Å². The molecule has 0 amide bonds. The third-order valence-corrected chi connectivity index (χ3v) is 2.58. The first kappa shape index (κ1) is 11.0. The van der Waals surface area contributed by atoms with Crippen molar-refractivity contribution < 1.29 is 18.9 Å². The largest absolute Gasteiger partial charge is 0.448 e. The molecule has 0 aliphatic carbocycles. The van der Waals surface area contributed by atoms with E-state index in [-0.39, 0.29) is 5.75 Å². The molecule has 4 nitrogen and oxygen atoms in total. The summed E-state index contributed by atoms with van der Waals surface area (Å²) in [5, 5.41) is 0. The minimum absolute atomic E-state index is 0.0938. The van der Waals surface area contributed by atoms with E-state index in [0.717, 1.165) is 19.3 Å². The van der Waals surface area contributed by atoms with Gasteiger partial charge in [-0.05, 0) is 17.1 Å². The van der Waals surface area contributed by atoms with Crippen LogP contribution >= 0.6 is 0 Å². The maximum atomic E-state index is 10.7. The third kappa shape index (κ3) is 6.43. The van der Waals surface area contributed by atoms with Crippen molar-refractivity contribution in [2.75, 3.05) is 5.75 Å². The van der Waals surface area contributed by atoms with Crippen molar-refractivity contribution in [1.82, 2.24) is 0 Å². The third-order valence-electron chi connectivity index (χ3n) is 1.43. The summed E-state index contributed by atoms with van der Waals surface area (Å²) in [5.74, 6) is 2.96. The first-order valence-corrected chi connectivity index (χ1v) is 5.36. The molecule has 0 saturated carbocycles. The smallest absolute Gasteiger partial charge is 0.159 e. The molecule has 0 saturated heterocycles. The normalized spacial score (nSPS) is 16.3. The fraction of sp³-hybridized carbons (Fsp3) is 1.00. The molecule has 0 spiro atoms. The van der Waals surface area contributed by atoms with E-state index in [0.29, 0.717) is 6.42 Å². The molecule has 3 N–H and O–H groups in total. The van der Waals surface area contributed by atoms with Gasteiger partial charge in [-0.15, -0.1) is 0 Å². The predicted molar refractivity (Wildman–Crippen MR) is 41.7 cm³/mol. The SMILES string of the molecule is CCCCCC[S+]([O])(=O)O[NH3+]. The van der Waals surface area contributed by atoms with Gasteiger partial charge in [-0.3, -0.25) is 0 Å². The average molecular weight is 182 g/mol. The highest BCUT2D eigenvalue weighted by molar-refractivity contribution is 7.92. The summed E-state index contributed by atoms with van der Waals surface area (Å²) in [7, 11) is -3.31. The highest BCUT2D eigenvalue weighted by Gasteiger charge is 2.31. The lowest BCUT2D eigenvalue weighted by Crippen LogP contribution is -2.53. The zero-order valence-corrected chi connectivity index (χ0v) is 7.69. The minimum atomic E-state index is -3.31. The Morgan fingerprint density at radius 3 is 2.45 bits per heavy atom. The number of hydrogen-bond donors (Lipinski definition) is 1. The van der Waals surface area contributed by atoms with E-state index in [4.69, 9.17) is 0 Å². The van der Waals surface area contributed by atoms with Crippen molar-refractivity contribution in [1.29, 1.82) is 0 Å². The second-order valence-corrected chi connectivity index (χ2v) is 4.20. The Kier molecular flexibility index (Phi) is 5.67. The topological polar surface area (TPSA) is 73.8 Å². The van der Waals surface area contributed by atoms with Crippen LogP contribution in [0.1, 0.15) is 32.6 Å². The first-order chi connectivity index (χ1) is 5.12. The molecule has 0 bridgehead atoms. The summed E-state index contributed by atoms with van der Waals surface area (Å²) in [6, 6.07) is 0. The second kappa shape index (κ2) is 5.65. The van der Waals surface area contributed by atoms with Gasteiger partial charge in [0.25, 0.3) is 0 Å². The van der Waals surface area contributed by atoms with Gasteiger partial charge in [0.15, 0.2) is 5.75 Å². The van der Waals surface area contributed by atoms with Crippen LogP contribution in [-0.2, 0) is 23.5 Å². The minimum Gasteiger partial charge on any atom is -0.159 e. The van der Waals surface area contributed by atoms with Crippen molar-refractivity contribution in [3.05, 3.63) is 0 Å². The molecule has 0 fully saturated rings. The van der Waals surface area contributed by atoms with Crippen molar-refractivity contribution in [2.24, 2.45) is 0 Å². The fourth-order valence-corrected chi connectivity index (χ4v) is 1.44. The van der Waals surface area contributed by atoms with E-state index >= 15 is 0 Å². The van der Waals surface area contributed by atoms with Crippen LogP contribution in [-0.4, -0.2) is 5.75 Å². The Morgan fingerprint density at radius 1 is 1.36 bits per heavy atom. The van der Waals surface area contributed by atoms with Gasteiger partial charge in [0, 0.05) is 4.28 Å². The fourth-order valence-electron chi connectivity index (χ4n) is 0.765. The van der Waals surface area contributed by atoms with Crippen LogP contribution in [0.2, 0.25) is 0 Å². The molecule has 0 rings (SSSR count). The summed E-state index contributed by atoms with van der Waals surface area (Å²) in [5.41, 5.74) is 0. The zero-order valence-electron chi connectivity index (χ0n) is 6.88. The van der Waals surface area contributed by atoms with E-state index in [1.807, 2.05) is 0 Å². The van der Waals surface area contributed by atoms with Gasteiger partial charge < -0.3 is 0 Å². The van der Waals surface area contributed by atoms with Gasteiger partial charge in [0.2, 0.25) is 0 Å². The lowest BCUT2D eigenvalue weighted by atomic mass is 10.2. The van der Waals surface area contributed by atoms with Crippen LogP contribution in [0.15, 0.2) is 0 Å². The average Bonchev–Trinajstić information content (AvgIpc) is 1.99. The van der Waals surface area contributed by atoms with Crippen molar-refractivity contribution in [2.45, 2.75) is 32.6 Å². The molecular weight excluding hydrogens is 166 g/mol. The Balaban J connectivity index is 3.31. The van der Waals surface area contributed by atoms with Crippen LogP contribution in [0.25, 0.3) is 0 Å². The van der Waals surface area contributed by atoms with Crippen molar-refractivity contribution in [3.8, 4) is 0 Å². The van der Waals surface area contributed by atoms with Gasteiger partial charge >= 0.3 is 10.5 Å². The monoisotopic (exact) mass is 182 g/mol. The molecule has 0 aliphatic rings. The van der Waals surface area contributed by atoms with Crippen molar-refractivity contribution >= 4 is 10.5 Å². The first-order valence-electron chi connectivity index (χ1n) is 3.78. The molecule has 5 heteroatoms. The number of hydrogen-bond acceptors (Lipinski definition) is 2. The van der Waals surface area contributed by atoms with Gasteiger partial charge in [-0.25, -0.2) is 0 Å². The van der Waals surface area contributed by atoms with Gasteiger partial charge in [-0.2, -0.15) is 5.90 Å². The van der Waals surface area contributed by atoms with E-state index in [1.165, 1.54) is 0 Å². The zero-order chi connectivity index (χ0) is 8.74. The summed E-state index contributed by atoms with van der Waals surface area (Å²) >= 11 is 0. The lowest BCUT2D eigenvalue weighted by Gasteiger charge is -1.94. The molecule has 0 heterocycles. The number of quaternary nitrogens is 1. The number of rotatable bonds is 6. The Morgan fingerprint density at radius 2 is 2.00 bits per heavy atom. The second-order valence-electron chi connectivity index (χ2n) is 2.44. The Labute approximate surface area is 68.5 Å². The van der Waals surface area contributed by atoms with E-state index < -0.39 is 10.5 Å². The molecule has 0 aromatic rings. The quantitative estimate of drug-likeness (QED) is 0.369. The van der Waals surface area contributed by atoms with Crippen LogP contribution < -0.4 is 5.90 Å². The van der Waals surface area contributed by atoms with Crippen molar-refractivity contribution in [3.63, 3.8) is 0 Å². The molecule has 0 aromatic heterocycles. The molecular formula is C6H16NO3S+2. The highest BCUT2D eigenvalue weighted by atomic mass is 32.3.